The summed E-state index contributed by atoms with van der Waals surface area (Å²) in [5.41, 5.74) is 3.76. The Morgan fingerprint density at radius 1 is 0.774 bits per heavy atom. The second-order valence-corrected chi connectivity index (χ2v) is 7.81. The highest BCUT2D eigenvalue weighted by Crippen LogP contribution is 2.29. The van der Waals surface area contributed by atoms with Gasteiger partial charge >= 0.3 is 0 Å². The van der Waals surface area contributed by atoms with Crippen LogP contribution in [0, 0.1) is 0 Å². The second-order valence-electron chi connectivity index (χ2n) is 7.81. The zero-order chi connectivity index (χ0) is 21.6. The molecule has 0 radical (unpaired) electrons. The number of hydrogen-bond donors (Lipinski definition) is 1. The number of carbonyl (C=O) groups excluding carboxylic acids is 2. The molecule has 1 fully saturated rings. The average molecular weight is 414 g/mol. The molecule has 0 aromatic heterocycles. The number of carbonyl (C=O) groups is 2. The smallest absolute Gasteiger partial charge is 0.254 e. The number of anilines is 1. The third kappa shape index (κ3) is 5.01. The van der Waals surface area contributed by atoms with E-state index in [-0.39, 0.29) is 17.9 Å². The Balaban J connectivity index is 1.48. The molecule has 2 amide bonds. The van der Waals surface area contributed by atoms with Crippen molar-refractivity contribution in [3.05, 3.63) is 102 Å². The number of piperazine rings is 1. The van der Waals surface area contributed by atoms with Gasteiger partial charge in [0.05, 0.1) is 6.04 Å². The van der Waals surface area contributed by atoms with E-state index in [9.17, 15) is 9.59 Å². The van der Waals surface area contributed by atoms with Gasteiger partial charge in [0.25, 0.3) is 5.91 Å². The number of nitrogens with one attached hydrogen (secondary N) is 1. The lowest BCUT2D eigenvalue weighted by molar-refractivity contribution is -0.114. The summed E-state index contributed by atoms with van der Waals surface area (Å²) in [4.78, 5) is 28.7. The monoisotopic (exact) mass is 413 g/mol. The summed E-state index contributed by atoms with van der Waals surface area (Å²) in [7, 11) is 0. The molecule has 1 N–H and O–H groups in total. The maximum atomic E-state index is 13.0. The minimum Gasteiger partial charge on any atom is -0.336 e. The van der Waals surface area contributed by atoms with E-state index >= 15 is 0 Å². The van der Waals surface area contributed by atoms with Gasteiger partial charge in [-0.3, -0.25) is 14.5 Å². The number of benzene rings is 3. The fraction of sp³-hybridized carbons (Fsp3) is 0.231. The van der Waals surface area contributed by atoms with Crippen molar-refractivity contribution in [2.75, 3.05) is 31.5 Å². The fourth-order valence-electron chi connectivity index (χ4n) is 4.18. The van der Waals surface area contributed by atoms with E-state index in [0.29, 0.717) is 24.3 Å². The van der Waals surface area contributed by atoms with Crippen LogP contribution in [0.25, 0.3) is 0 Å². The molecule has 0 unspecified atom stereocenters. The predicted octanol–water partition coefficient (Wildman–Crippen LogP) is 4.19. The summed E-state index contributed by atoms with van der Waals surface area (Å²) in [6.07, 6.45) is 0. The maximum absolute atomic E-state index is 13.0. The molecule has 5 nitrogen and oxygen atoms in total. The quantitative estimate of drug-likeness (QED) is 0.682. The largest absolute Gasteiger partial charge is 0.336 e. The van der Waals surface area contributed by atoms with Gasteiger partial charge in [-0.05, 0) is 29.3 Å². The molecule has 5 heteroatoms. The van der Waals surface area contributed by atoms with Crippen LogP contribution in [0.1, 0.15) is 34.5 Å². The normalized spacial score (nSPS) is 14.5. The molecule has 0 atom stereocenters. The van der Waals surface area contributed by atoms with Gasteiger partial charge in [0.1, 0.15) is 0 Å². The van der Waals surface area contributed by atoms with E-state index in [1.807, 2.05) is 17.0 Å². The molecule has 0 bridgehead atoms. The molecule has 1 saturated heterocycles. The Hall–Kier alpha value is -3.44. The highest BCUT2D eigenvalue weighted by molar-refractivity contribution is 5.96. The molecule has 4 rings (SSSR count). The van der Waals surface area contributed by atoms with E-state index in [0.717, 1.165) is 13.1 Å². The lowest BCUT2D eigenvalue weighted by atomic mass is 9.96. The van der Waals surface area contributed by atoms with Gasteiger partial charge in [0.15, 0.2) is 0 Å². The van der Waals surface area contributed by atoms with Gasteiger partial charge in [-0.2, -0.15) is 0 Å². The molecule has 1 heterocycles. The summed E-state index contributed by atoms with van der Waals surface area (Å²) in [5, 5.41) is 2.74. The van der Waals surface area contributed by atoms with Gasteiger partial charge in [0.2, 0.25) is 5.91 Å². The van der Waals surface area contributed by atoms with Crippen LogP contribution >= 0.6 is 0 Å². The maximum Gasteiger partial charge on any atom is 0.254 e. The summed E-state index contributed by atoms with van der Waals surface area (Å²) in [6.45, 7) is 4.39. The second kappa shape index (κ2) is 9.58. The molecular formula is C26H27N3O2. The Morgan fingerprint density at radius 2 is 1.35 bits per heavy atom. The topological polar surface area (TPSA) is 52.7 Å². The molecule has 1 aliphatic rings. The molecular weight excluding hydrogens is 386 g/mol. The first-order valence-corrected chi connectivity index (χ1v) is 10.6. The first-order valence-electron chi connectivity index (χ1n) is 10.6. The van der Waals surface area contributed by atoms with Crippen LogP contribution in [0.15, 0.2) is 84.9 Å². The van der Waals surface area contributed by atoms with Crippen LogP contribution in [0.2, 0.25) is 0 Å². The fourth-order valence-corrected chi connectivity index (χ4v) is 4.18. The van der Waals surface area contributed by atoms with Crippen LogP contribution < -0.4 is 5.32 Å². The molecule has 0 saturated carbocycles. The minimum absolute atomic E-state index is 0.00262. The Kier molecular flexibility index (Phi) is 6.43. The van der Waals surface area contributed by atoms with E-state index < -0.39 is 0 Å². The number of rotatable bonds is 5. The summed E-state index contributed by atoms with van der Waals surface area (Å²) in [5.74, 6) is -0.145. The molecule has 158 valence electrons. The van der Waals surface area contributed by atoms with Crippen molar-refractivity contribution in [3.8, 4) is 0 Å². The summed E-state index contributed by atoms with van der Waals surface area (Å²) in [6, 6.07) is 28.4. The average Bonchev–Trinajstić information content (AvgIpc) is 2.80. The lowest BCUT2D eigenvalue weighted by Crippen LogP contribution is -2.49. The molecule has 1 aliphatic heterocycles. The zero-order valence-corrected chi connectivity index (χ0v) is 17.7. The van der Waals surface area contributed by atoms with Gasteiger partial charge < -0.3 is 10.2 Å². The first-order chi connectivity index (χ1) is 15.1. The van der Waals surface area contributed by atoms with E-state index in [1.165, 1.54) is 18.1 Å². The number of hydrogen-bond acceptors (Lipinski definition) is 3. The first kappa shape index (κ1) is 20.8. The van der Waals surface area contributed by atoms with Crippen molar-refractivity contribution in [2.45, 2.75) is 13.0 Å². The summed E-state index contributed by atoms with van der Waals surface area (Å²) < 4.78 is 0. The molecule has 3 aromatic rings. The van der Waals surface area contributed by atoms with Gasteiger partial charge in [-0.15, -0.1) is 0 Å². The highest BCUT2D eigenvalue weighted by atomic mass is 16.2. The minimum atomic E-state index is -0.147. The van der Waals surface area contributed by atoms with Crippen LogP contribution in [-0.2, 0) is 4.79 Å². The Labute approximate surface area is 183 Å². The molecule has 0 aliphatic carbocycles. The molecule has 31 heavy (non-hydrogen) atoms. The van der Waals surface area contributed by atoms with Crippen molar-refractivity contribution in [1.82, 2.24) is 9.80 Å². The van der Waals surface area contributed by atoms with E-state index in [4.69, 9.17) is 0 Å². The van der Waals surface area contributed by atoms with Crippen molar-refractivity contribution < 1.29 is 9.59 Å². The molecule has 3 aromatic carbocycles. The summed E-state index contributed by atoms with van der Waals surface area (Å²) >= 11 is 0. The van der Waals surface area contributed by atoms with Crippen molar-refractivity contribution in [2.24, 2.45) is 0 Å². The van der Waals surface area contributed by atoms with E-state index in [1.54, 1.807) is 24.3 Å². The third-order valence-electron chi connectivity index (χ3n) is 5.63. The van der Waals surface area contributed by atoms with Crippen molar-refractivity contribution in [3.63, 3.8) is 0 Å². The van der Waals surface area contributed by atoms with Gasteiger partial charge in [-0.1, -0.05) is 66.7 Å². The predicted molar refractivity (Wildman–Crippen MR) is 123 cm³/mol. The Morgan fingerprint density at radius 3 is 1.90 bits per heavy atom. The SMILES string of the molecule is CC(=O)Nc1cccc(C(=O)N2CCN(C(c3ccccc3)c3ccccc3)CC2)c1. The van der Waals surface area contributed by atoms with Crippen LogP contribution in [-0.4, -0.2) is 47.8 Å². The van der Waals surface area contributed by atoms with E-state index in [2.05, 4.69) is 58.7 Å². The van der Waals surface area contributed by atoms with Crippen molar-refractivity contribution in [1.29, 1.82) is 0 Å². The molecule has 0 spiro atoms. The van der Waals surface area contributed by atoms with Crippen LogP contribution in [0.3, 0.4) is 0 Å². The number of amides is 2. The van der Waals surface area contributed by atoms with Crippen LogP contribution in [0.4, 0.5) is 5.69 Å². The Bertz CT molecular complexity index is 989. The van der Waals surface area contributed by atoms with Gasteiger partial charge in [0, 0.05) is 44.4 Å². The standard InChI is InChI=1S/C26H27N3O2/c1-20(30)27-24-14-8-13-23(19-24)26(31)29-17-15-28(16-18-29)25(21-9-4-2-5-10-21)22-11-6-3-7-12-22/h2-14,19,25H,15-18H2,1H3,(H,27,30). The van der Waals surface area contributed by atoms with Crippen molar-refractivity contribution >= 4 is 17.5 Å². The zero-order valence-electron chi connectivity index (χ0n) is 17.7. The van der Waals surface area contributed by atoms with Gasteiger partial charge in [-0.25, -0.2) is 0 Å². The lowest BCUT2D eigenvalue weighted by Gasteiger charge is -2.39. The highest BCUT2D eigenvalue weighted by Gasteiger charge is 2.28. The van der Waals surface area contributed by atoms with Crippen LogP contribution in [0.5, 0.6) is 0 Å². The third-order valence-corrected chi connectivity index (χ3v) is 5.63. The number of nitrogens with zero attached hydrogens (tertiary/aromatic N) is 2.